The van der Waals surface area contributed by atoms with E-state index in [1.165, 1.54) is 11.1 Å². The highest BCUT2D eigenvalue weighted by Crippen LogP contribution is 2.36. The van der Waals surface area contributed by atoms with Gasteiger partial charge in [-0.05, 0) is 48.9 Å². The lowest BCUT2D eigenvalue weighted by atomic mass is 9.85. The zero-order chi connectivity index (χ0) is 17.1. The maximum atomic E-state index is 13.1. The van der Waals surface area contributed by atoms with Gasteiger partial charge in [0, 0.05) is 18.7 Å². The van der Waals surface area contributed by atoms with E-state index < -0.39 is 0 Å². The van der Waals surface area contributed by atoms with Crippen molar-refractivity contribution in [2.75, 3.05) is 6.54 Å². The van der Waals surface area contributed by atoms with E-state index in [1.54, 1.807) is 0 Å². The van der Waals surface area contributed by atoms with Crippen molar-refractivity contribution in [3.05, 3.63) is 70.8 Å². The molecule has 0 spiro atoms. The van der Waals surface area contributed by atoms with E-state index in [0.29, 0.717) is 12.5 Å². The third-order valence-corrected chi connectivity index (χ3v) is 5.05. The van der Waals surface area contributed by atoms with Crippen molar-refractivity contribution in [1.82, 2.24) is 4.90 Å². The van der Waals surface area contributed by atoms with E-state index in [0.717, 1.165) is 30.5 Å². The topological polar surface area (TPSA) is 46.3 Å². The van der Waals surface area contributed by atoms with Gasteiger partial charge < -0.3 is 10.6 Å². The largest absolute Gasteiger partial charge is 0.331 e. The number of amides is 1. The van der Waals surface area contributed by atoms with Crippen LogP contribution in [0.3, 0.4) is 0 Å². The highest BCUT2D eigenvalue weighted by Gasteiger charge is 2.33. The summed E-state index contributed by atoms with van der Waals surface area (Å²) in [6.07, 6.45) is 2.23. The van der Waals surface area contributed by atoms with Gasteiger partial charge in [0.1, 0.15) is 0 Å². The van der Waals surface area contributed by atoms with Crippen molar-refractivity contribution in [2.45, 2.75) is 39.3 Å². The number of benzene rings is 2. The smallest absolute Gasteiger partial charge is 0.254 e. The van der Waals surface area contributed by atoms with Crippen LogP contribution in [0.25, 0.3) is 0 Å². The Balaban J connectivity index is 1.90. The summed E-state index contributed by atoms with van der Waals surface area (Å²) in [5.74, 6) is 0.587. The molecule has 1 saturated heterocycles. The molecule has 1 aliphatic rings. The van der Waals surface area contributed by atoms with Gasteiger partial charge in [0.05, 0.1) is 6.04 Å². The zero-order valence-electron chi connectivity index (χ0n) is 14.5. The molecule has 2 aromatic rings. The summed E-state index contributed by atoms with van der Waals surface area (Å²) < 4.78 is 0. The third kappa shape index (κ3) is 3.36. The zero-order valence-corrected chi connectivity index (χ0v) is 14.5. The van der Waals surface area contributed by atoms with E-state index in [1.807, 2.05) is 24.3 Å². The molecule has 2 atom stereocenters. The lowest BCUT2D eigenvalue weighted by molar-refractivity contribution is 0.0513. The van der Waals surface area contributed by atoms with Crippen LogP contribution >= 0.6 is 0 Å². The number of likely N-dealkylation sites (tertiary alicyclic amines) is 1. The van der Waals surface area contributed by atoms with Crippen LogP contribution in [0.4, 0.5) is 0 Å². The van der Waals surface area contributed by atoms with Crippen molar-refractivity contribution < 1.29 is 4.79 Å². The van der Waals surface area contributed by atoms with Crippen LogP contribution in [-0.2, 0) is 6.54 Å². The van der Waals surface area contributed by atoms with Crippen molar-refractivity contribution in [3.63, 3.8) is 0 Å². The van der Waals surface area contributed by atoms with E-state index >= 15 is 0 Å². The Bertz CT molecular complexity index is 691. The van der Waals surface area contributed by atoms with Gasteiger partial charge in [0.25, 0.3) is 5.91 Å². The molecule has 1 fully saturated rings. The molecule has 0 saturated carbocycles. The molecule has 24 heavy (non-hydrogen) atoms. The molecular formula is C21H26N2O. The van der Waals surface area contributed by atoms with Crippen LogP contribution in [0.1, 0.15) is 52.9 Å². The Labute approximate surface area is 144 Å². The molecule has 3 rings (SSSR count). The van der Waals surface area contributed by atoms with Gasteiger partial charge in [-0.15, -0.1) is 0 Å². The van der Waals surface area contributed by atoms with Crippen LogP contribution in [0.5, 0.6) is 0 Å². The number of nitrogens with zero attached hydrogens (tertiary/aromatic N) is 1. The quantitative estimate of drug-likeness (QED) is 0.926. The number of piperidine rings is 1. The van der Waals surface area contributed by atoms with Gasteiger partial charge in [-0.25, -0.2) is 0 Å². The molecule has 0 bridgehead atoms. The monoisotopic (exact) mass is 322 g/mol. The van der Waals surface area contributed by atoms with E-state index in [4.69, 9.17) is 5.73 Å². The fourth-order valence-electron chi connectivity index (χ4n) is 3.64. The molecular weight excluding hydrogens is 296 g/mol. The second-order valence-electron chi connectivity index (χ2n) is 6.87. The lowest BCUT2D eigenvalue weighted by Crippen LogP contribution is -2.42. The van der Waals surface area contributed by atoms with Gasteiger partial charge in [-0.1, -0.05) is 48.9 Å². The third-order valence-electron chi connectivity index (χ3n) is 5.05. The maximum absolute atomic E-state index is 13.1. The molecule has 2 N–H and O–H groups in total. The number of hydrogen-bond acceptors (Lipinski definition) is 2. The highest BCUT2D eigenvalue weighted by atomic mass is 16.2. The second-order valence-corrected chi connectivity index (χ2v) is 6.87. The average Bonchev–Trinajstić information content (AvgIpc) is 2.62. The van der Waals surface area contributed by atoms with Crippen LogP contribution in [-0.4, -0.2) is 17.4 Å². The van der Waals surface area contributed by atoms with E-state index in [2.05, 4.69) is 43.0 Å². The SMILES string of the molecule is Cc1ccc(C2C(C)CCCN2C(=O)c2ccc(CN)cc2)cc1. The average molecular weight is 322 g/mol. The van der Waals surface area contributed by atoms with Crippen molar-refractivity contribution in [1.29, 1.82) is 0 Å². The molecule has 126 valence electrons. The summed E-state index contributed by atoms with van der Waals surface area (Å²) >= 11 is 0. The molecule has 0 aromatic heterocycles. The molecule has 2 aromatic carbocycles. The highest BCUT2D eigenvalue weighted by molar-refractivity contribution is 5.94. The second kappa shape index (κ2) is 7.18. The first-order valence-corrected chi connectivity index (χ1v) is 8.76. The molecule has 0 radical (unpaired) electrons. The van der Waals surface area contributed by atoms with Gasteiger partial charge in [-0.3, -0.25) is 4.79 Å². The number of hydrogen-bond donors (Lipinski definition) is 1. The first kappa shape index (κ1) is 16.7. The summed E-state index contributed by atoms with van der Waals surface area (Å²) in [5.41, 5.74) is 9.93. The maximum Gasteiger partial charge on any atom is 0.254 e. The molecule has 1 aliphatic heterocycles. The summed E-state index contributed by atoms with van der Waals surface area (Å²) in [5, 5.41) is 0. The van der Waals surface area contributed by atoms with Crippen molar-refractivity contribution >= 4 is 5.91 Å². The van der Waals surface area contributed by atoms with Gasteiger partial charge in [0.2, 0.25) is 0 Å². The Kier molecular flexibility index (Phi) is 5.00. The summed E-state index contributed by atoms with van der Waals surface area (Å²) in [7, 11) is 0. The van der Waals surface area contributed by atoms with Gasteiger partial charge >= 0.3 is 0 Å². The minimum absolute atomic E-state index is 0.121. The number of aryl methyl sites for hydroxylation is 1. The van der Waals surface area contributed by atoms with Crippen LogP contribution in [0, 0.1) is 12.8 Å². The fraction of sp³-hybridized carbons (Fsp3) is 0.381. The predicted octanol–water partition coefficient (Wildman–Crippen LogP) is 4.07. The number of rotatable bonds is 3. The Morgan fingerprint density at radius 1 is 1.12 bits per heavy atom. The number of nitrogens with two attached hydrogens (primary N) is 1. The fourth-order valence-corrected chi connectivity index (χ4v) is 3.64. The minimum Gasteiger partial charge on any atom is -0.331 e. The molecule has 3 heteroatoms. The predicted molar refractivity (Wildman–Crippen MR) is 97.7 cm³/mol. The normalized spacial score (nSPS) is 20.9. The van der Waals surface area contributed by atoms with Gasteiger partial charge in [0.15, 0.2) is 0 Å². The minimum atomic E-state index is 0.121. The van der Waals surface area contributed by atoms with Crippen LogP contribution in [0.15, 0.2) is 48.5 Å². The Morgan fingerprint density at radius 2 is 1.79 bits per heavy atom. The van der Waals surface area contributed by atoms with E-state index in [9.17, 15) is 4.79 Å². The molecule has 1 amide bonds. The number of carbonyl (C=O) groups excluding carboxylic acids is 1. The lowest BCUT2D eigenvalue weighted by Gasteiger charge is -2.40. The van der Waals surface area contributed by atoms with Gasteiger partial charge in [-0.2, -0.15) is 0 Å². The number of carbonyl (C=O) groups is 1. The first-order valence-electron chi connectivity index (χ1n) is 8.76. The van der Waals surface area contributed by atoms with Crippen molar-refractivity contribution in [2.24, 2.45) is 11.7 Å². The summed E-state index contributed by atoms with van der Waals surface area (Å²) in [4.78, 5) is 15.1. The van der Waals surface area contributed by atoms with Crippen LogP contribution < -0.4 is 5.73 Å². The molecule has 2 unspecified atom stereocenters. The standard InChI is InChI=1S/C21H26N2O/c1-15-5-9-18(10-6-15)20-16(2)4-3-13-23(20)21(24)19-11-7-17(14-22)8-12-19/h5-12,16,20H,3-4,13-14,22H2,1-2H3. The van der Waals surface area contributed by atoms with Crippen molar-refractivity contribution in [3.8, 4) is 0 Å². The molecule has 1 heterocycles. The molecule has 0 aliphatic carbocycles. The Morgan fingerprint density at radius 3 is 2.42 bits per heavy atom. The van der Waals surface area contributed by atoms with Crippen LogP contribution in [0.2, 0.25) is 0 Å². The molecule has 3 nitrogen and oxygen atoms in total. The van der Waals surface area contributed by atoms with E-state index in [-0.39, 0.29) is 11.9 Å². The summed E-state index contributed by atoms with van der Waals surface area (Å²) in [6.45, 7) is 5.67. The Hall–Kier alpha value is -2.13. The first-order chi connectivity index (χ1) is 11.6. The summed E-state index contributed by atoms with van der Waals surface area (Å²) in [6, 6.07) is 16.4.